The lowest BCUT2D eigenvalue weighted by Crippen LogP contribution is -2.42. The Morgan fingerprint density at radius 2 is 2.15 bits per heavy atom. The molecule has 0 saturated heterocycles. The van der Waals surface area contributed by atoms with Gasteiger partial charge in [-0.3, -0.25) is 14.9 Å². The Kier molecular flexibility index (Phi) is 7.04. The maximum absolute atomic E-state index is 11.6. The third-order valence-electron chi connectivity index (χ3n) is 2.76. The zero-order valence-corrected chi connectivity index (χ0v) is 12.1. The molecule has 0 radical (unpaired) electrons. The maximum atomic E-state index is 11.6. The maximum Gasteiger partial charge on any atom is 0.320 e. The summed E-state index contributed by atoms with van der Waals surface area (Å²) in [6, 6.07) is 6.51. The molecule has 0 spiro atoms. The first-order valence-corrected chi connectivity index (χ1v) is 6.88. The predicted octanol–water partition coefficient (Wildman–Crippen LogP) is 1.80. The average molecular weight is 299 g/mol. The van der Waals surface area contributed by atoms with Crippen molar-refractivity contribution in [1.82, 2.24) is 10.6 Å². The molecule has 1 atom stereocenters. The molecular weight excluding hydrogens is 280 g/mol. The first-order chi connectivity index (χ1) is 9.52. The zero-order chi connectivity index (χ0) is 15.0. The van der Waals surface area contributed by atoms with Gasteiger partial charge in [-0.15, -0.1) is 0 Å². The number of carboxylic acid groups (broad SMARTS) is 1. The standard InChI is InChI=1S/C14H19ClN2O3/c1-2-4-12(14(19)20)16-9-13(18)17-8-10-5-3-6-11(15)7-10/h3,5-7,12,16H,2,4,8-9H2,1H3,(H,17,18)(H,19,20). The van der Waals surface area contributed by atoms with E-state index in [2.05, 4.69) is 10.6 Å². The molecule has 5 nitrogen and oxygen atoms in total. The van der Waals surface area contributed by atoms with E-state index in [0.717, 1.165) is 12.0 Å². The Hall–Kier alpha value is -1.59. The van der Waals surface area contributed by atoms with E-state index in [4.69, 9.17) is 16.7 Å². The topological polar surface area (TPSA) is 78.4 Å². The van der Waals surface area contributed by atoms with Crippen molar-refractivity contribution in [2.24, 2.45) is 0 Å². The molecule has 0 saturated carbocycles. The number of hydrogen-bond acceptors (Lipinski definition) is 3. The fourth-order valence-corrected chi connectivity index (χ4v) is 1.94. The summed E-state index contributed by atoms with van der Waals surface area (Å²) in [5, 5.41) is 15.0. The lowest BCUT2D eigenvalue weighted by Gasteiger charge is -2.13. The number of halogens is 1. The Labute approximate surface area is 123 Å². The molecule has 1 amide bonds. The van der Waals surface area contributed by atoms with Crippen molar-refractivity contribution in [2.75, 3.05) is 6.54 Å². The van der Waals surface area contributed by atoms with Gasteiger partial charge < -0.3 is 10.4 Å². The van der Waals surface area contributed by atoms with Crippen molar-refractivity contribution in [3.63, 3.8) is 0 Å². The van der Waals surface area contributed by atoms with Gasteiger partial charge in [-0.25, -0.2) is 0 Å². The Bertz CT molecular complexity index is 465. The summed E-state index contributed by atoms with van der Waals surface area (Å²) >= 11 is 5.84. The first-order valence-electron chi connectivity index (χ1n) is 6.50. The average Bonchev–Trinajstić information content (AvgIpc) is 2.41. The minimum Gasteiger partial charge on any atom is -0.480 e. The van der Waals surface area contributed by atoms with Gasteiger partial charge in [-0.05, 0) is 24.1 Å². The highest BCUT2D eigenvalue weighted by Crippen LogP contribution is 2.10. The van der Waals surface area contributed by atoms with Crippen LogP contribution < -0.4 is 10.6 Å². The van der Waals surface area contributed by atoms with Crippen LogP contribution in [0.15, 0.2) is 24.3 Å². The van der Waals surface area contributed by atoms with Gasteiger partial charge in [0.25, 0.3) is 0 Å². The third-order valence-corrected chi connectivity index (χ3v) is 3.00. The summed E-state index contributed by atoms with van der Waals surface area (Å²) in [5.74, 6) is -1.18. The summed E-state index contributed by atoms with van der Waals surface area (Å²) in [6.45, 7) is 2.25. The fraction of sp³-hybridized carbons (Fsp3) is 0.429. The second-order valence-electron chi connectivity index (χ2n) is 4.47. The first kappa shape index (κ1) is 16.5. The van der Waals surface area contributed by atoms with Gasteiger partial charge in [-0.1, -0.05) is 37.1 Å². The van der Waals surface area contributed by atoms with Crippen LogP contribution in [0, 0.1) is 0 Å². The number of amides is 1. The predicted molar refractivity (Wildman–Crippen MR) is 77.6 cm³/mol. The minimum absolute atomic E-state index is 0.0163. The van der Waals surface area contributed by atoms with E-state index >= 15 is 0 Å². The van der Waals surface area contributed by atoms with Crippen molar-refractivity contribution in [3.05, 3.63) is 34.9 Å². The molecular formula is C14H19ClN2O3. The lowest BCUT2D eigenvalue weighted by molar-refractivity contribution is -0.139. The number of nitrogens with one attached hydrogen (secondary N) is 2. The quantitative estimate of drug-likeness (QED) is 0.684. The van der Waals surface area contributed by atoms with Gasteiger partial charge >= 0.3 is 5.97 Å². The molecule has 0 aliphatic carbocycles. The van der Waals surface area contributed by atoms with Crippen LogP contribution in [-0.2, 0) is 16.1 Å². The Morgan fingerprint density at radius 1 is 1.40 bits per heavy atom. The number of aliphatic carboxylic acids is 1. The molecule has 1 unspecified atom stereocenters. The van der Waals surface area contributed by atoms with Crippen LogP contribution in [0.1, 0.15) is 25.3 Å². The third kappa shape index (κ3) is 6.04. The van der Waals surface area contributed by atoms with Gasteiger partial charge in [0, 0.05) is 11.6 Å². The Balaban J connectivity index is 2.34. The molecule has 3 N–H and O–H groups in total. The lowest BCUT2D eigenvalue weighted by atomic mass is 10.1. The van der Waals surface area contributed by atoms with E-state index in [9.17, 15) is 9.59 Å². The highest BCUT2D eigenvalue weighted by molar-refractivity contribution is 6.30. The van der Waals surface area contributed by atoms with Crippen molar-refractivity contribution in [2.45, 2.75) is 32.4 Å². The summed E-state index contributed by atoms with van der Waals surface area (Å²) in [5.41, 5.74) is 0.897. The van der Waals surface area contributed by atoms with Crippen molar-refractivity contribution in [3.8, 4) is 0 Å². The van der Waals surface area contributed by atoms with Gasteiger partial charge in [0.15, 0.2) is 0 Å². The molecule has 0 aliphatic rings. The van der Waals surface area contributed by atoms with E-state index in [1.165, 1.54) is 0 Å². The second-order valence-corrected chi connectivity index (χ2v) is 4.90. The van der Waals surface area contributed by atoms with Crippen LogP contribution in [0.5, 0.6) is 0 Å². The smallest absolute Gasteiger partial charge is 0.320 e. The second kappa shape index (κ2) is 8.55. The van der Waals surface area contributed by atoms with Crippen molar-refractivity contribution in [1.29, 1.82) is 0 Å². The van der Waals surface area contributed by atoms with E-state index in [-0.39, 0.29) is 12.5 Å². The van der Waals surface area contributed by atoms with Crippen LogP contribution in [0.4, 0.5) is 0 Å². The number of carboxylic acids is 1. The fourth-order valence-electron chi connectivity index (χ4n) is 1.73. The normalized spacial score (nSPS) is 11.9. The van der Waals surface area contributed by atoms with Crippen molar-refractivity contribution < 1.29 is 14.7 Å². The highest BCUT2D eigenvalue weighted by Gasteiger charge is 2.16. The molecule has 0 fully saturated rings. The summed E-state index contributed by atoms with van der Waals surface area (Å²) in [6.07, 6.45) is 1.24. The summed E-state index contributed by atoms with van der Waals surface area (Å²) < 4.78 is 0. The SMILES string of the molecule is CCCC(NCC(=O)NCc1cccc(Cl)c1)C(=O)O. The largest absolute Gasteiger partial charge is 0.480 e. The number of carbonyl (C=O) groups is 2. The molecule has 0 aliphatic heterocycles. The summed E-state index contributed by atoms with van der Waals surface area (Å²) in [4.78, 5) is 22.5. The van der Waals surface area contributed by atoms with E-state index in [1.54, 1.807) is 12.1 Å². The van der Waals surface area contributed by atoms with Crippen LogP contribution in [-0.4, -0.2) is 29.6 Å². The molecule has 0 bridgehead atoms. The number of hydrogen-bond donors (Lipinski definition) is 3. The molecule has 0 heterocycles. The molecule has 1 rings (SSSR count). The van der Waals surface area contributed by atoms with Gasteiger partial charge in [0.2, 0.25) is 5.91 Å². The molecule has 6 heteroatoms. The van der Waals surface area contributed by atoms with Crippen LogP contribution >= 0.6 is 11.6 Å². The highest BCUT2D eigenvalue weighted by atomic mass is 35.5. The minimum atomic E-state index is -0.936. The molecule has 20 heavy (non-hydrogen) atoms. The molecule has 110 valence electrons. The van der Waals surface area contributed by atoms with Crippen LogP contribution in [0.25, 0.3) is 0 Å². The monoisotopic (exact) mass is 298 g/mol. The van der Waals surface area contributed by atoms with E-state index in [1.807, 2.05) is 19.1 Å². The van der Waals surface area contributed by atoms with Gasteiger partial charge in [-0.2, -0.15) is 0 Å². The van der Waals surface area contributed by atoms with E-state index in [0.29, 0.717) is 18.0 Å². The molecule has 0 aromatic heterocycles. The zero-order valence-electron chi connectivity index (χ0n) is 11.4. The number of benzene rings is 1. The van der Waals surface area contributed by atoms with Gasteiger partial charge in [0.1, 0.15) is 6.04 Å². The Morgan fingerprint density at radius 3 is 2.75 bits per heavy atom. The number of rotatable bonds is 8. The summed E-state index contributed by atoms with van der Waals surface area (Å²) in [7, 11) is 0. The number of carbonyl (C=O) groups excluding carboxylic acids is 1. The molecule has 1 aromatic carbocycles. The van der Waals surface area contributed by atoms with Crippen molar-refractivity contribution >= 4 is 23.5 Å². The van der Waals surface area contributed by atoms with Crippen LogP contribution in [0.3, 0.4) is 0 Å². The molecule has 1 aromatic rings. The van der Waals surface area contributed by atoms with Gasteiger partial charge in [0.05, 0.1) is 6.54 Å². The van der Waals surface area contributed by atoms with Crippen LogP contribution in [0.2, 0.25) is 5.02 Å². The van der Waals surface area contributed by atoms with E-state index < -0.39 is 12.0 Å².